The van der Waals surface area contributed by atoms with Gasteiger partial charge in [-0.1, -0.05) is 0 Å². The first-order valence-electron chi connectivity index (χ1n) is 4.70. The Labute approximate surface area is 103 Å². The molecule has 1 N–H and O–H groups in total. The highest BCUT2D eigenvalue weighted by Crippen LogP contribution is 2.36. The number of carboxylic acid groups (broad SMARTS) is 1. The number of halogens is 6. The molecule has 1 aromatic carbocycles. The lowest BCUT2D eigenvalue weighted by Gasteiger charge is -2.12. The molecule has 0 aliphatic carbocycles. The molecule has 0 fully saturated rings. The normalized spacial score (nSPS) is 12.9. The van der Waals surface area contributed by atoms with E-state index in [4.69, 9.17) is 5.11 Å². The van der Waals surface area contributed by atoms with E-state index in [-0.39, 0.29) is 6.07 Å². The van der Waals surface area contributed by atoms with Crippen molar-refractivity contribution in [3.8, 4) is 0 Å². The van der Waals surface area contributed by atoms with Crippen molar-refractivity contribution < 1.29 is 36.2 Å². The highest BCUT2D eigenvalue weighted by molar-refractivity contribution is 5.85. The second-order valence-corrected chi connectivity index (χ2v) is 3.51. The first kappa shape index (κ1) is 15.1. The smallest absolute Gasteiger partial charge is 0.416 e. The molecule has 19 heavy (non-hydrogen) atoms. The molecule has 0 aliphatic heterocycles. The third-order valence-electron chi connectivity index (χ3n) is 2.03. The predicted octanol–water partition coefficient (Wildman–Crippen LogP) is 3.82. The van der Waals surface area contributed by atoms with E-state index in [1.807, 2.05) is 0 Å². The molecule has 0 saturated carbocycles. The van der Waals surface area contributed by atoms with E-state index in [9.17, 15) is 31.1 Å². The van der Waals surface area contributed by atoms with Crippen molar-refractivity contribution in [1.82, 2.24) is 0 Å². The molecule has 1 aromatic rings. The summed E-state index contributed by atoms with van der Waals surface area (Å²) in [6.07, 6.45) is -8.79. The van der Waals surface area contributed by atoms with Crippen LogP contribution in [0.4, 0.5) is 26.3 Å². The maximum absolute atomic E-state index is 12.4. The van der Waals surface area contributed by atoms with Crippen LogP contribution < -0.4 is 0 Å². The monoisotopic (exact) mass is 284 g/mol. The van der Waals surface area contributed by atoms with Crippen LogP contribution in [0.25, 0.3) is 6.08 Å². The second kappa shape index (κ2) is 4.94. The van der Waals surface area contributed by atoms with Gasteiger partial charge in [0.2, 0.25) is 0 Å². The summed E-state index contributed by atoms with van der Waals surface area (Å²) in [4.78, 5) is 10.2. The minimum absolute atomic E-state index is 0.0297. The zero-order chi connectivity index (χ0) is 14.8. The predicted molar refractivity (Wildman–Crippen MR) is 53.1 cm³/mol. The van der Waals surface area contributed by atoms with Gasteiger partial charge in [0.25, 0.3) is 0 Å². The van der Waals surface area contributed by atoms with Crippen molar-refractivity contribution >= 4 is 12.0 Å². The second-order valence-electron chi connectivity index (χ2n) is 3.51. The Hall–Kier alpha value is -1.99. The summed E-state index contributed by atoms with van der Waals surface area (Å²) in [5.74, 6) is -1.48. The fourth-order valence-corrected chi connectivity index (χ4v) is 1.24. The van der Waals surface area contributed by atoms with Crippen molar-refractivity contribution in [1.29, 1.82) is 0 Å². The van der Waals surface area contributed by atoms with E-state index in [2.05, 4.69) is 0 Å². The zero-order valence-corrected chi connectivity index (χ0v) is 9.01. The molecular weight excluding hydrogens is 278 g/mol. The molecule has 0 aromatic heterocycles. The van der Waals surface area contributed by atoms with Crippen molar-refractivity contribution in [2.45, 2.75) is 12.4 Å². The van der Waals surface area contributed by atoms with E-state index in [1.54, 1.807) is 0 Å². The maximum atomic E-state index is 12.4. The van der Waals surface area contributed by atoms with Gasteiger partial charge in [-0.2, -0.15) is 26.3 Å². The van der Waals surface area contributed by atoms with Gasteiger partial charge in [-0.3, -0.25) is 0 Å². The number of hydrogen-bond acceptors (Lipinski definition) is 1. The molecule has 104 valence electrons. The standard InChI is InChI=1S/C11H6F6O2/c12-10(13,14)7-3-6(1-2-9(18)19)4-8(5-7)11(15,16)17/h1-5H,(H,18,19). The Morgan fingerprint density at radius 3 is 1.68 bits per heavy atom. The molecular formula is C11H6F6O2. The average molecular weight is 284 g/mol. The van der Waals surface area contributed by atoms with E-state index in [0.29, 0.717) is 24.3 Å². The Morgan fingerprint density at radius 1 is 0.947 bits per heavy atom. The molecule has 2 nitrogen and oxygen atoms in total. The van der Waals surface area contributed by atoms with E-state index in [1.165, 1.54) is 0 Å². The molecule has 8 heteroatoms. The number of carboxylic acids is 1. The third-order valence-corrected chi connectivity index (χ3v) is 2.03. The summed E-state index contributed by atoms with van der Waals surface area (Å²) in [6, 6.07) is 0.849. The maximum Gasteiger partial charge on any atom is 0.416 e. The number of carbonyl (C=O) groups is 1. The number of rotatable bonds is 2. The Bertz CT molecular complexity index is 481. The number of hydrogen-bond donors (Lipinski definition) is 1. The SMILES string of the molecule is O=C(O)C=Cc1cc(C(F)(F)F)cc(C(F)(F)F)c1. The number of aliphatic carboxylic acids is 1. The van der Waals surface area contributed by atoms with Crippen LogP contribution in [0.2, 0.25) is 0 Å². The van der Waals surface area contributed by atoms with Crippen LogP contribution in [0.3, 0.4) is 0 Å². The van der Waals surface area contributed by atoms with E-state index in [0.717, 1.165) is 0 Å². The molecule has 0 heterocycles. The highest BCUT2D eigenvalue weighted by atomic mass is 19.4. The fourth-order valence-electron chi connectivity index (χ4n) is 1.24. The van der Waals surface area contributed by atoms with Crippen LogP contribution >= 0.6 is 0 Å². The van der Waals surface area contributed by atoms with Crippen molar-refractivity contribution in [2.75, 3.05) is 0 Å². The minimum Gasteiger partial charge on any atom is -0.478 e. The lowest BCUT2D eigenvalue weighted by molar-refractivity contribution is -0.143. The molecule has 0 radical (unpaired) electrons. The molecule has 0 aliphatic rings. The number of benzene rings is 1. The molecule has 0 saturated heterocycles. The molecule has 0 atom stereocenters. The van der Waals surface area contributed by atoms with Crippen LogP contribution in [0.5, 0.6) is 0 Å². The zero-order valence-electron chi connectivity index (χ0n) is 9.01. The summed E-state index contributed by atoms with van der Waals surface area (Å²) in [7, 11) is 0. The quantitative estimate of drug-likeness (QED) is 0.662. The summed E-state index contributed by atoms with van der Waals surface area (Å²) < 4.78 is 74.6. The van der Waals surface area contributed by atoms with E-state index >= 15 is 0 Å². The van der Waals surface area contributed by atoms with Gasteiger partial charge >= 0.3 is 18.3 Å². The van der Waals surface area contributed by atoms with Gasteiger partial charge in [-0.25, -0.2) is 4.79 Å². The van der Waals surface area contributed by atoms with Crippen molar-refractivity contribution in [3.63, 3.8) is 0 Å². The van der Waals surface area contributed by atoms with Gasteiger partial charge in [-0.05, 0) is 29.8 Å². The van der Waals surface area contributed by atoms with Gasteiger partial charge in [0.05, 0.1) is 11.1 Å². The minimum atomic E-state index is -4.95. The Morgan fingerprint density at radius 2 is 1.37 bits per heavy atom. The largest absolute Gasteiger partial charge is 0.478 e. The van der Waals surface area contributed by atoms with Crippen LogP contribution in [-0.4, -0.2) is 11.1 Å². The van der Waals surface area contributed by atoms with Crippen LogP contribution in [-0.2, 0) is 17.1 Å². The number of alkyl halides is 6. The van der Waals surface area contributed by atoms with Gasteiger partial charge in [-0.15, -0.1) is 0 Å². The van der Waals surface area contributed by atoms with Crippen LogP contribution in [0.15, 0.2) is 24.3 Å². The van der Waals surface area contributed by atoms with Crippen molar-refractivity contribution in [3.05, 3.63) is 41.0 Å². The first-order valence-corrected chi connectivity index (χ1v) is 4.70. The Balaban J connectivity index is 3.37. The molecule has 0 unspecified atom stereocenters. The fraction of sp³-hybridized carbons (Fsp3) is 0.182. The highest BCUT2D eigenvalue weighted by Gasteiger charge is 2.36. The third kappa shape index (κ3) is 4.31. The van der Waals surface area contributed by atoms with Crippen molar-refractivity contribution in [2.24, 2.45) is 0 Å². The lowest BCUT2D eigenvalue weighted by Crippen LogP contribution is -2.11. The van der Waals surface area contributed by atoms with Gasteiger partial charge < -0.3 is 5.11 Å². The summed E-state index contributed by atoms with van der Waals surface area (Å²) in [6.45, 7) is 0. The van der Waals surface area contributed by atoms with Gasteiger partial charge in [0.15, 0.2) is 0 Å². The summed E-state index contributed by atoms with van der Waals surface area (Å²) in [5, 5.41) is 8.30. The van der Waals surface area contributed by atoms with E-state index < -0.39 is 35.0 Å². The van der Waals surface area contributed by atoms with Crippen LogP contribution in [0, 0.1) is 0 Å². The molecule has 0 spiro atoms. The van der Waals surface area contributed by atoms with Gasteiger partial charge in [0.1, 0.15) is 0 Å². The molecule has 0 amide bonds. The molecule has 1 rings (SSSR count). The summed E-state index contributed by atoms with van der Waals surface area (Å²) in [5.41, 5.74) is -3.48. The lowest BCUT2D eigenvalue weighted by atomic mass is 10.0. The Kier molecular flexibility index (Phi) is 3.92. The molecule has 0 bridgehead atoms. The first-order chi connectivity index (χ1) is 8.50. The van der Waals surface area contributed by atoms with Gasteiger partial charge in [0, 0.05) is 6.08 Å². The topological polar surface area (TPSA) is 37.3 Å². The average Bonchev–Trinajstić information content (AvgIpc) is 2.23. The van der Waals surface area contributed by atoms with Crippen LogP contribution in [0.1, 0.15) is 16.7 Å². The summed E-state index contributed by atoms with van der Waals surface area (Å²) >= 11 is 0.